The molecule has 4 saturated carbocycles. The van der Waals surface area contributed by atoms with Crippen LogP contribution in [0.25, 0.3) is 0 Å². The first-order chi connectivity index (χ1) is 22.4. The summed E-state index contributed by atoms with van der Waals surface area (Å²) in [6, 6.07) is 0. The number of aliphatic hydroxyl groups is 5. The van der Waals surface area contributed by atoms with Gasteiger partial charge in [-0.25, -0.2) is 0 Å². The van der Waals surface area contributed by atoms with Gasteiger partial charge >= 0.3 is 11.9 Å². The molecule has 0 aromatic rings. The Morgan fingerprint density at radius 3 is 2.25 bits per heavy atom. The number of hydrogen-bond acceptors (Lipinski definition) is 10. The highest BCUT2D eigenvalue weighted by atomic mass is 16.6. The van der Waals surface area contributed by atoms with Crippen LogP contribution in [-0.4, -0.2) is 106 Å². The van der Waals surface area contributed by atoms with Crippen molar-refractivity contribution >= 4 is 11.9 Å². The summed E-state index contributed by atoms with van der Waals surface area (Å²) in [5.74, 6) is -1.18. The molecule has 15 atom stereocenters. The maximum atomic E-state index is 13.1. The van der Waals surface area contributed by atoms with Crippen molar-refractivity contribution in [3.63, 3.8) is 0 Å². The molecule has 0 amide bonds. The van der Waals surface area contributed by atoms with E-state index in [4.69, 9.17) is 14.2 Å². The molecule has 11 heteroatoms. The lowest BCUT2D eigenvalue weighted by atomic mass is 9.33. The van der Waals surface area contributed by atoms with Gasteiger partial charge in [-0.3, -0.25) is 9.59 Å². The third-order valence-corrected chi connectivity index (χ3v) is 15.6. The molecule has 6 N–H and O–H groups in total. The molecule has 1 aliphatic heterocycles. The number of carboxylic acids is 1. The van der Waals surface area contributed by atoms with Gasteiger partial charge in [-0.2, -0.15) is 0 Å². The van der Waals surface area contributed by atoms with Crippen molar-refractivity contribution in [3.8, 4) is 0 Å². The van der Waals surface area contributed by atoms with E-state index in [1.54, 1.807) is 0 Å². The van der Waals surface area contributed by atoms with Crippen LogP contribution in [0.3, 0.4) is 0 Å². The summed E-state index contributed by atoms with van der Waals surface area (Å²) in [5, 5.41) is 64.1. The average molecular weight is 679 g/mol. The van der Waals surface area contributed by atoms with Gasteiger partial charge in [0.1, 0.15) is 24.4 Å². The Labute approximate surface area is 284 Å². The Kier molecular flexibility index (Phi) is 9.04. The van der Waals surface area contributed by atoms with Crippen molar-refractivity contribution in [2.24, 2.45) is 50.2 Å². The largest absolute Gasteiger partial charge is 0.481 e. The zero-order valence-electron chi connectivity index (χ0n) is 29.5. The van der Waals surface area contributed by atoms with Gasteiger partial charge in [-0.05, 0) is 98.7 Å². The number of fused-ring (bicyclic) bond motifs is 7. The van der Waals surface area contributed by atoms with E-state index in [-0.39, 0.29) is 59.8 Å². The van der Waals surface area contributed by atoms with E-state index < -0.39 is 58.8 Å². The van der Waals surface area contributed by atoms with E-state index in [0.717, 1.165) is 25.7 Å². The van der Waals surface area contributed by atoms with E-state index in [1.165, 1.54) is 12.7 Å². The predicted octanol–water partition coefficient (Wildman–Crippen LogP) is 2.84. The van der Waals surface area contributed by atoms with E-state index >= 15 is 0 Å². The van der Waals surface area contributed by atoms with Crippen LogP contribution in [0.2, 0.25) is 0 Å². The summed E-state index contributed by atoms with van der Waals surface area (Å²) in [4.78, 5) is 26.1. The highest BCUT2D eigenvalue weighted by Crippen LogP contribution is 2.76. The van der Waals surface area contributed by atoms with Crippen LogP contribution in [0, 0.1) is 50.2 Å². The molecule has 48 heavy (non-hydrogen) atoms. The number of aliphatic carboxylic acids is 1. The van der Waals surface area contributed by atoms with Gasteiger partial charge in [-0.1, -0.05) is 39.3 Å². The van der Waals surface area contributed by atoms with Crippen molar-refractivity contribution in [1.29, 1.82) is 0 Å². The lowest BCUT2D eigenvalue weighted by molar-refractivity contribution is -0.266. The van der Waals surface area contributed by atoms with Crippen molar-refractivity contribution in [2.75, 3.05) is 26.9 Å². The van der Waals surface area contributed by atoms with E-state index in [2.05, 4.69) is 26.8 Å². The standard InChI is InChI=1S/C37H58O11/c1-32(31(45)46-6)11-13-37(30(43)44)14-12-35(4)20(21(37)15-32)7-8-26-33(2)16-22(39)29(34(3,19-38)25(33)9-10-36(26,35)5)48-18-24-28(42)27(41)23(40)17-47-24/h7,21-29,38-42H,8-19H2,1-6H3,(H,43,44)/t21-,22-,23+,24-,25-,26+,27-,28-,29-,32-,33-,34-,35+,36+,37-/m0/s1. The van der Waals surface area contributed by atoms with Crippen LogP contribution in [0.5, 0.6) is 0 Å². The molecule has 0 bridgehead atoms. The Balaban J connectivity index is 1.32. The summed E-state index contributed by atoms with van der Waals surface area (Å²) in [7, 11) is 1.40. The number of rotatable bonds is 6. The fourth-order valence-electron chi connectivity index (χ4n) is 12.5. The number of esters is 1. The number of ether oxygens (including phenoxy) is 3. The number of aliphatic hydroxyl groups excluding tert-OH is 5. The van der Waals surface area contributed by atoms with Crippen molar-refractivity contribution in [3.05, 3.63) is 11.6 Å². The predicted molar refractivity (Wildman–Crippen MR) is 173 cm³/mol. The summed E-state index contributed by atoms with van der Waals surface area (Å²) < 4.78 is 17.1. The second kappa shape index (κ2) is 12.0. The third kappa shape index (κ3) is 4.84. The van der Waals surface area contributed by atoms with Crippen molar-refractivity contribution in [2.45, 2.75) is 129 Å². The molecule has 0 aromatic heterocycles. The summed E-state index contributed by atoms with van der Waals surface area (Å²) >= 11 is 0. The Morgan fingerprint density at radius 1 is 0.917 bits per heavy atom. The van der Waals surface area contributed by atoms with Crippen molar-refractivity contribution < 1.29 is 54.4 Å². The monoisotopic (exact) mass is 678 g/mol. The van der Waals surface area contributed by atoms with E-state index in [0.29, 0.717) is 32.1 Å². The molecular formula is C37H58O11. The third-order valence-electron chi connectivity index (χ3n) is 15.6. The molecule has 0 spiro atoms. The number of methoxy groups -OCH3 is 1. The minimum absolute atomic E-state index is 0.00336. The summed E-state index contributed by atoms with van der Waals surface area (Å²) in [6.07, 6.45) is 1.35. The van der Waals surface area contributed by atoms with Gasteiger partial charge in [0.05, 0.1) is 50.0 Å². The second-order valence-corrected chi connectivity index (χ2v) is 17.7. The van der Waals surface area contributed by atoms with Gasteiger partial charge in [0, 0.05) is 5.41 Å². The number of hydrogen-bond donors (Lipinski definition) is 6. The molecule has 6 rings (SSSR count). The minimum Gasteiger partial charge on any atom is -0.481 e. The average Bonchev–Trinajstić information content (AvgIpc) is 3.04. The topological polar surface area (TPSA) is 183 Å². The lowest BCUT2D eigenvalue weighted by Gasteiger charge is -2.71. The van der Waals surface area contributed by atoms with Crippen LogP contribution in [0.4, 0.5) is 0 Å². The molecule has 0 radical (unpaired) electrons. The van der Waals surface area contributed by atoms with Crippen molar-refractivity contribution in [1.82, 2.24) is 0 Å². The Bertz CT molecular complexity index is 1320. The summed E-state index contributed by atoms with van der Waals surface area (Å²) in [5.41, 5.74) is -2.19. The highest BCUT2D eigenvalue weighted by Gasteiger charge is 2.71. The number of carbonyl (C=O) groups is 2. The summed E-state index contributed by atoms with van der Waals surface area (Å²) in [6.45, 7) is 10.4. The second-order valence-electron chi connectivity index (χ2n) is 17.7. The van der Waals surface area contributed by atoms with Crippen LogP contribution in [0.15, 0.2) is 11.6 Å². The van der Waals surface area contributed by atoms with Gasteiger partial charge in [0.2, 0.25) is 0 Å². The maximum absolute atomic E-state index is 13.1. The quantitative estimate of drug-likeness (QED) is 0.179. The number of carbonyl (C=O) groups excluding carboxylic acids is 1. The zero-order valence-corrected chi connectivity index (χ0v) is 29.5. The minimum atomic E-state index is -1.36. The number of allylic oxidation sites excluding steroid dienone is 2. The molecule has 11 nitrogen and oxygen atoms in total. The fraction of sp³-hybridized carbons (Fsp3) is 0.892. The molecule has 0 aromatic carbocycles. The van der Waals surface area contributed by atoms with Gasteiger partial charge in [-0.15, -0.1) is 0 Å². The Hall–Kier alpha value is -1.60. The Morgan fingerprint density at radius 2 is 1.60 bits per heavy atom. The number of carboxylic acid groups (broad SMARTS) is 1. The molecule has 1 saturated heterocycles. The van der Waals surface area contributed by atoms with Gasteiger partial charge in [0.15, 0.2) is 0 Å². The SMILES string of the molecule is COC(=O)[C@@]1(C)CC[C@]2(C(=O)O)CC[C@]3(C)C(=CC[C@@H]4[C@@]5(C)C[C@H](O)[C@H](OC[C@@H]6OC[C@@H](O)[C@H](O)[C@H]6O)[C@@](C)(CO)[C@H]5CC[C@]43C)[C@@H]2C1. The molecule has 5 aliphatic carbocycles. The zero-order chi connectivity index (χ0) is 35.2. The molecule has 5 fully saturated rings. The smallest absolute Gasteiger partial charge is 0.311 e. The van der Waals surface area contributed by atoms with Crippen LogP contribution >= 0.6 is 0 Å². The molecular weight excluding hydrogens is 620 g/mol. The lowest BCUT2D eigenvalue weighted by Crippen LogP contribution is -2.68. The van der Waals surface area contributed by atoms with Gasteiger partial charge in [0.25, 0.3) is 0 Å². The first-order valence-electron chi connectivity index (χ1n) is 18.0. The van der Waals surface area contributed by atoms with Crippen LogP contribution in [0.1, 0.15) is 92.4 Å². The fourth-order valence-corrected chi connectivity index (χ4v) is 12.5. The molecule has 272 valence electrons. The van der Waals surface area contributed by atoms with E-state index in [1.807, 2.05) is 13.8 Å². The highest BCUT2D eigenvalue weighted by molar-refractivity contribution is 5.80. The van der Waals surface area contributed by atoms with Crippen LogP contribution < -0.4 is 0 Å². The van der Waals surface area contributed by atoms with E-state index in [9.17, 15) is 40.2 Å². The maximum Gasteiger partial charge on any atom is 0.311 e. The molecule has 0 unspecified atom stereocenters. The van der Waals surface area contributed by atoms with Crippen LogP contribution in [-0.2, 0) is 23.8 Å². The normalized spacial score (nSPS) is 53.3. The molecule has 6 aliphatic rings. The first kappa shape index (κ1) is 36.2. The first-order valence-corrected chi connectivity index (χ1v) is 18.0. The molecule has 1 heterocycles. The van der Waals surface area contributed by atoms with Gasteiger partial charge < -0.3 is 44.8 Å².